The minimum Gasteiger partial charge on any atom is -0.394 e. The fraction of sp³-hybridized carbons (Fsp3) is 0.409. The summed E-state index contributed by atoms with van der Waals surface area (Å²) in [6, 6.07) is 11.7. The Morgan fingerprint density at radius 1 is 1.11 bits per heavy atom. The largest absolute Gasteiger partial charge is 0.394 e. The molecule has 0 bridgehead atoms. The Labute approximate surface area is 165 Å². The number of pyridine rings is 1. The molecule has 2 amide bonds. The van der Waals surface area contributed by atoms with Gasteiger partial charge in [0.15, 0.2) is 0 Å². The number of carbonyl (C=O) groups is 2. The monoisotopic (exact) mass is 381 g/mol. The van der Waals surface area contributed by atoms with Gasteiger partial charge in [-0.3, -0.25) is 14.6 Å². The number of aromatic nitrogens is 1. The van der Waals surface area contributed by atoms with Gasteiger partial charge in [-0.2, -0.15) is 0 Å². The first-order valence-electron chi connectivity index (χ1n) is 9.63. The highest BCUT2D eigenvalue weighted by atomic mass is 16.3. The number of hydrogen-bond donors (Lipinski definition) is 1. The van der Waals surface area contributed by atoms with E-state index < -0.39 is 0 Å². The normalized spacial score (nSPS) is 21.1. The second-order valence-electron chi connectivity index (χ2n) is 7.19. The second kappa shape index (κ2) is 8.52. The minimum absolute atomic E-state index is 0.00903. The van der Waals surface area contributed by atoms with Crippen LogP contribution in [0.15, 0.2) is 48.8 Å². The van der Waals surface area contributed by atoms with Gasteiger partial charge in [0, 0.05) is 45.2 Å². The molecule has 1 N–H and O–H groups in total. The van der Waals surface area contributed by atoms with E-state index in [0.29, 0.717) is 13.1 Å². The highest BCUT2D eigenvalue weighted by Gasteiger charge is 2.50. The first-order chi connectivity index (χ1) is 13.5. The van der Waals surface area contributed by atoms with Crippen LogP contribution >= 0.6 is 0 Å². The molecule has 0 saturated carbocycles. The number of benzene rings is 1. The van der Waals surface area contributed by atoms with Crippen LogP contribution in [0.4, 0.5) is 0 Å². The number of aliphatic hydroxyl groups is 1. The molecular formula is C22H27N3O3. The summed E-state index contributed by atoms with van der Waals surface area (Å²) < 4.78 is 0. The van der Waals surface area contributed by atoms with Gasteiger partial charge in [0.1, 0.15) is 0 Å². The number of nitrogens with zero attached hydrogens (tertiary/aromatic N) is 3. The van der Waals surface area contributed by atoms with Gasteiger partial charge in [-0.15, -0.1) is 0 Å². The molecule has 2 heterocycles. The Hall–Kier alpha value is -2.73. The summed E-state index contributed by atoms with van der Waals surface area (Å²) in [7, 11) is 0. The van der Waals surface area contributed by atoms with Crippen molar-refractivity contribution in [2.24, 2.45) is 0 Å². The maximum atomic E-state index is 12.2. The average molecular weight is 381 g/mol. The van der Waals surface area contributed by atoms with Crippen LogP contribution < -0.4 is 0 Å². The first kappa shape index (κ1) is 20.0. The summed E-state index contributed by atoms with van der Waals surface area (Å²) in [6.45, 7) is 5.95. The van der Waals surface area contributed by atoms with Crippen molar-refractivity contribution in [3.8, 4) is 11.1 Å². The van der Waals surface area contributed by atoms with E-state index in [2.05, 4.69) is 4.98 Å². The van der Waals surface area contributed by atoms with E-state index >= 15 is 0 Å². The Bertz CT molecular complexity index is 823. The van der Waals surface area contributed by atoms with Crippen molar-refractivity contribution >= 4 is 11.8 Å². The maximum Gasteiger partial charge on any atom is 0.220 e. The van der Waals surface area contributed by atoms with E-state index in [1.54, 1.807) is 22.9 Å². The Morgan fingerprint density at radius 2 is 1.82 bits per heavy atom. The number of aliphatic hydroxyl groups excluding tert-OH is 1. The standard InChI is InChI=1S/C22H27N3O3/c1-4-24(15(2)27)13-20-22(21(14-26)25(20)16(3)28)18-9-7-17(8-10-18)19-6-5-11-23-12-19/h5-12,20-22,26H,4,13-14H2,1-3H3/t20-,21-,22-/m0/s1. The zero-order chi connectivity index (χ0) is 20.3. The molecule has 1 aromatic carbocycles. The molecule has 3 atom stereocenters. The lowest BCUT2D eigenvalue weighted by atomic mass is 9.74. The predicted molar refractivity (Wildman–Crippen MR) is 108 cm³/mol. The lowest BCUT2D eigenvalue weighted by Crippen LogP contribution is -2.68. The molecule has 6 nitrogen and oxygen atoms in total. The molecule has 2 aromatic rings. The summed E-state index contributed by atoms with van der Waals surface area (Å²) in [5.41, 5.74) is 3.17. The van der Waals surface area contributed by atoms with Gasteiger partial charge in [-0.25, -0.2) is 0 Å². The Kier molecular flexibility index (Phi) is 6.09. The van der Waals surface area contributed by atoms with Crippen LogP contribution in [-0.4, -0.2) is 63.5 Å². The molecular weight excluding hydrogens is 354 g/mol. The fourth-order valence-corrected chi connectivity index (χ4v) is 4.20. The van der Waals surface area contributed by atoms with E-state index in [1.807, 2.05) is 49.5 Å². The highest BCUT2D eigenvalue weighted by molar-refractivity contribution is 5.77. The summed E-state index contributed by atoms with van der Waals surface area (Å²) >= 11 is 0. The first-order valence-corrected chi connectivity index (χ1v) is 9.63. The molecule has 28 heavy (non-hydrogen) atoms. The SMILES string of the molecule is CCN(C[C@H]1[C@H](c2ccc(-c3cccnc3)cc2)[C@H](CO)N1C(C)=O)C(C)=O. The third-order valence-electron chi connectivity index (χ3n) is 5.62. The van der Waals surface area contributed by atoms with Gasteiger partial charge in [-0.1, -0.05) is 30.3 Å². The Balaban J connectivity index is 1.88. The number of rotatable bonds is 6. The van der Waals surface area contributed by atoms with Crippen LogP contribution in [0.25, 0.3) is 11.1 Å². The molecule has 1 saturated heterocycles. The smallest absolute Gasteiger partial charge is 0.220 e. The molecule has 6 heteroatoms. The molecule has 3 rings (SSSR count). The van der Waals surface area contributed by atoms with Gasteiger partial charge in [0.25, 0.3) is 0 Å². The lowest BCUT2D eigenvalue weighted by Gasteiger charge is -2.55. The quantitative estimate of drug-likeness (QED) is 0.833. The third kappa shape index (κ3) is 3.78. The van der Waals surface area contributed by atoms with Gasteiger partial charge >= 0.3 is 0 Å². The van der Waals surface area contributed by atoms with Gasteiger partial charge < -0.3 is 14.9 Å². The van der Waals surface area contributed by atoms with Crippen LogP contribution in [0.5, 0.6) is 0 Å². The summed E-state index contributed by atoms with van der Waals surface area (Å²) in [6.07, 6.45) is 3.56. The van der Waals surface area contributed by atoms with E-state index in [4.69, 9.17) is 0 Å². The molecule has 0 radical (unpaired) electrons. The van der Waals surface area contributed by atoms with Crippen molar-refractivity contribution in [2.75, 3.05) is 19.7 Å². The van der Waals surface area contributed by atoms with E-state index in [-0.39, 0.29) is 36.4 Å². The number of amides is 2. The molecule has 1 aromatic heterocycles. The zero-order valence-corrected chi connectivity index (χ0v) is 16.6. The van der Waals surface area contributed by atoms with Crippen molar-refractivity contribution in [3.05, 3.63) is 54.4 Å². The Morgan fingerprint density at radius 3 is 2.32 bits per heavy atom. The minimum atomic E-state index is -0.266. The molecule has 1 aliphatic rings. The highest BCUT2D eigenvalue weighted by Crippen LogP contribution is 2.41. The van der Waals surface area contributed by atoms with Crippen LogP contribution in [0.2, 0.25) is 0 Å². The molecule has 0 spiro atoms. The van der Waals surface area contributed by atoms with E-state index in [9.17, 15) is 14.7 Å². The average Bonchev–Trinajstić information content (AvgIpc) is 2.68. The van der Waals surface area contributed by atoms with Gasteiger partial charge in [0.05, 0.1) is 18.7 Å². The molecule has 0 unspecified atom stereocenters. The van der Waals surface area contributed by atoms with Crippen LogP contribution in [0.3, 0.4) is 0 Å². The second-order valence-corrected chi connectivity index (χ2v) is 7.19. The van der Waals surface area contributed by atoms with Gasteiger partial charge in [0.2, 0.25) is 11.8 Å². The van der Waals surface area contributed by atoms with Crippen LogP contribution in [-0.2, 0) is 9.59 Å². The number of hydrogen-bond acceptors (Lipinski definition) is 4. The predicted octanol–water partition coefficient (Wildman–Crippen LogP) is 2.29. The summed E-state index contributed by atoms with van der Waals surface area (Å²) in [4.78, 5) is 31.7. The zero-order valence-electron chi connectivity index (χ0n) is 16.6. The van der Waals surface area contributed by atoms with Crippen molar-refractivity contribution in [3.63, 3.8) is 0 Å². The number of likely N-dealkylation sites (N-methyl/N-ethyl adjacent to an activating group) is 1. The maximum absolute atomic E-state index is 12.2. The van der Waals surface area contributed by atoms with E-state index in [1.165, 1.54) is 6.92 Å². The van der Waals surface area contributed by atoms with Crippen molar-refractivity contribution in [1.82, 2.24) is 14.8 Å². The van der Waals surface area contributed by atoms with Crippen molar-refractivity contribution in [1.29, 1.82) is 0 Å². The number of carbonyl (C=O) groups excluding carboxylic acids is 2. The topological polar surface area (TPSA) is 73.7 Å². The van der Waals surface area contributed by atoms with Gasteiger partial charge in [-0.05, 0) is 29.7 Å². The molecule has 1 fully saturated rings. The fourth-order valence-electron chi connectivity index (χ4n) is 4.20. The number of likely N-dealkylation sites (tertiary alicyclic amines) is 1. The lowest BCUT2D eigenvalue weighted by molar-refractivity contribution is -0.152. The van der Waals surface area contributed by atoms with Crippen LogP contribution in [0, 0.1) is 0 Å². The molecule has 0 aliphatic carbocycles. The van der Waals surface area contributed by atoms with Crippen LogP contribution in [0.1, 0.15) is 32.3 Å². The van der Waals surface area contributed by atoms with E-state index in [0.717, 1.165) is 16.7 Å². The third-order valence-corrected chi connectivity index (χ3v) is 5.62. The molecule has 1 aliphatic heterocycles. The van der Waals surface area contributed by atoms with Crippen molar-refractivity contribution in [2.45, 2.75) is 38.8 Å². The summed E-state index contributed by atoms with van der Waals surface area (Å²) in [5, 5.41) is 9.91. The summed E-state index contributed by atoms with van der Waals surface area (Å²) in [5.74, 6) is -0.0961. The van der Waals surface area contributed by atoms with Crippen molar-refractivity contribution < 1.29 is 14.7 Å². The molecule has 148 valence electrons.